The van der Waals surface area contributed by atoms with Crippen LogP contribution in [0.5, 0.6) is 5.88 Å². The van der Waals surface area contributed by atoms with Gasteiger partial charge in [-0.2, -0.15) is 4.52 Å². The molecule has 1 amide bonds. The van der Waals surface area contributed by atoms with E-state index in [2.05, 4.69) is 20.6 Å². The third kappa shape index (κ3) is 4.33. The van der Waals surface area contributed by atoms with E-state index in [9.17, 15) is 9.18 Å². The lowest BCUT2D eigenvalue weighted by molar-refractivity contribution is 0.0946. The maximum absolute atomic E-state index is 13.1. The number of halogens is 2. The van der Waals surface area contributed by atoms with Gasteiger partial charge in [0.1, 0.15) is 12.4 Å². The van der Waals surface area contributed by atoms with Gasteiger partial charge in [-0.25, -0.2) is 4.39 Å². The van der Waals surface area contributed by atoms with Crippen LogP contribution >= 0.6 is 11.6 Å². The molecule has 0 aliphatic carbocycles. The summed E-state index contributed by atoms with van der Waals surface area (Å²) in [5.74, 6) is 0.244. The Balaban J connectivity index is 1.40. The van der Waals surface area contributed by atoms with Gasteiger partial charge in [-0.15, -0.1) is 15.3 Å². The molecule has 2 aromatic heterocycles. The van der Waals surface area contributed by atoms with Crippen molar-refractivity contribution in [1.29, 1.82) is 0 Å². The summed E-state index contributed by atoms with van der Waals surface area (Å²) in [5, 5.41) is 15.8. The van der Waals surface area contributed by atoms with Crippen LogP contribution in [0.3, 0.4) is 0 Å². The van der Waals surface area contributed by atoms with Gasteiger partial charge in [0.2, 0.25) is 5.88 Å². The number of amides is 1. The van der Waals surface area contributed by atoms with Crippen molar-refractivity contribution in [2.24, 2.45) is 0 Å². The molecule has 9 heteroatoms. The van der Waals surface area contributed by atoms with Gasteiger partial charge in [0, 0.05) is 22.2 Å². The number of aromatic nitrogens is 4. The molecule has 7 nitrogen and oxygen atoms in total. The lowest BCUT2D eigenvalue weighted by atomic mass is 10.2. The highest BCUT2D eigenvalue weighted by atomic mass is 35.5. The zero-order valence-corrected chi connectivity index (χ0v) is 15.8. The van der Waals surface area contributed by atoms with E-state index in [0.717, 1.165) is 0 Å². The third-order valence-electron chi connectivity index (χ3n) is 4.07. The van der Waals surface area contributed by atoms with Crippen molar-refractivity contribution in [2.45, 2.75) is 0 Å². The normalized spacial score (nSPS) is 10.8. The number of hydrogen-bond donors (Lipinski definition) is 1. The Morgan fingerprint density at radius 1 is 1.10 bits per heavy atom. The predicted octanol–water partition coefficient (Wildman–Crippen LogP) is 3.39. The van der Waals surface area contributed by atoms with Crippen LogP contribution in [0.15, 0.2) is 60.7 Å². The molecule has 4 aromatic rings. The monoisotopic (exact) mass is 411 g/mol. The van der Waals surface area contributed by atoms with Crippen molar-refractivity contribution >= 4 is 23.2 Å². The molecule has 29 heavy (non-hydrogen) atoms. The Bertz CT molecular complexity index is 1160. The summed E-state index contributed by atoms with van der Waals surface area (Å²) in [6, 6.07) is 16.0. The first-order chi connectivity index (χ1) is 14.1. The Kier molecular flexibility index (Phi) is 5.35. The Morgan fingerprint density at radius 3 is 2.72 bits per heavy atom. The molecule has 0 spiro atoms. The van der Waals surface area contributed by atoms with E-state index in [1.165, 1.54) is 16.6 Å². The van der Waals surface area contributed by atoms with Gasteiger partial charge in [-0.1, -0.05) is 17.7 Å². The molecule has 0 unspecified atom stereocenters. The summed E-state index contributed by atoms with van der Waals surface area (Å²) in [6.45, 7) is 0.511. The van der Waals surface area contributed by atoms with E-state index in [-0.39, 0.29) is 24.9 Å². The van der Waals surface area contributed by atoms with E-state index in [0.29, 0.717) is 33.5 Å². The van der Waals surface area contributed by atoms with Crippen molar-refractivity contribution in [1.82, 2.24) is 25.1 Å². The first kappa shape index (κ1) is 18.8. The van der Waals surface area contributed by atoms with Gasteiger partial charge in [0.15, 0.2) is 11.5 Å². The lowest BCUT2D eigenvalue weighted by Crippen LogP contribution is -2.28. The van der Waals surface area contributed by atoms with Gasteiger partial charge in [0.05, 0.1) is 6.54 Å². The molecule has 0 aliphatic rings. The standard InChI is InChI=1S/C20H15ClFN5O2/c21-15-3-1-2-14(12-15)20(28)23-10-11-29-18-9-8-17-24-25-19(27(17)26-18)13-4-6-16(22)7-5-13/h1-9,12H,10-11H2,(H,23,28). The van der Waals surface area contributed by atoms with Crippen LogP contribution in [0.25, 0.3) is 17.0 Å². The molecule has 0 saturated carbocycles. The molecule has 0 radical (unpaired) electrons. The summed E-state index contributed by atoms with van der Waals surface area (Å²) in [6.07, 6.45) is 0. The number of benzene rings is 2. The molecule has 4 rings (SSSR count). The van der Waals surface area contributed by atoms with Gasteiger partial charge < -0.3 is 10.1 Å². The van der Waals surface area contributed by atoms with Crippen LogP contribution in [0.4, 0.5) is 4.39 Å². The quantitative estimate of drug-likeness (QED) is 0.492. The first-order valence-electron chi connectivity index (χ1n) is 8.75. The van der Waals surface area contributed by atoms with Gasteiger partial charge >= 0.3 is 0 Å². The Labute approximate surface area is 170 Å². The average molecular weight is 412 g/mol. The van der Waals surface area contributed by atoms with Crippen LogP contribution in [-0.2, 0) is 0 Å². The average Bonchev–Trinajstić information content (AvgIpc) is 3.15. The number of hydrogen-bond acceptors (Lipinski definition) is 5. The largest absolute Gasteiger partial charge is 0.475 e. The molecule has 1 N–H and O–H groups in total. The maximum atomic E-state index is 13.1. The minimum Gasteiger partial charge on any atom is -0.475 e. The zero-order valence-electron chi connectivity index (χ0n) is 15.0. The molecule has 0 fully saturated rings. The first-order valence-corrected chi connectivity index (χ1v) is 9.13. The molecular formula is C20H15ClFN5O2. The number of nitrogens with zero attached hydrogens (tertiary/aromatic N) is 4. The minimum atomic E-state index is -0.334. The van der Waals surface area contributed by atoms with E-state index in [4.69, 9.17) is 16.3 Å². The van der Waals surface area contributed by atoms with E-state index >= 15 is 0 Å². The lowest BCUT2D eigenvalue weighted by Gasteiger charge is -2.08. The second kappa shape index (κ2) is 8.24. The van der Waals surface area contributed by atoms with Gasteiger partial charge in [-0.3, -0.25) is 4.79 Å². The SMILES string of the molecule is O=C(NCCOc1ccc2nnc(-c3ccc(F)cc3)n2n1)c1cccc(Cl)c1. The fourth-order valence-corrected chi connectivity index (χ4v) is 2.87. The molecule has 2 aromatic carbocycles. The molecular weight excluding hydrogens is 397 g/mol. The summed E-state index contributed by atoms with van der Waals surface area (Å²) < 4.78 is 20.3. The summed E-state index contributed by atoms with van der Waals surface area (Å²) >= 11 is 5.89. The van der Waals surface area contributed by atoms with Crippen LogP contribution in [0, 0.1) is 5.82 Å². The molecule has 0 atom stereocenters. The number of carbonyl (C=O) groups excluding carboxylic acids is 1. The van der Waals surface area contributed by atoms with Crippen LogP contribution in [0.1, 0.15) is 10.4 Å². The smallest absolute Gasteiger partial charge is 0.251 e. The van der Waals surface area contributed by atoms with Crippen LogP contribution in [0.2, 0.25) is 5.02 Å². The summed E-state index contributed by atoms with van der Waals surface area (Å²) in [5.41, 5.74) is 1.69. The predicted molar refractivity (Wildman–Crippen MR) is 105 cm³/mol. The highest BCUT2D eigenvalue weighted by molar-refractivity contribution is 6.30. The van der Waals surface area contributed by atoms with E-state index < -0.39 is 0 Å². The fraction of sp³-hybridized carbons (Fsp3) is 0.100. The zero-order chi connectivity index (χ0) is 20.2. The van der Waals surface area contributed by atoms with Gasteiger partial charge in [-0.05, 0) is 48.5 Å². The van der Waals surface area contributed by atoms with Crippen LogP contribution < -0.4 is 10.1 Å². The number of ether oxygens (including phenoxy) is 1. The fourth-order valence-electron chi connectivity index (χ4n) is 2.68. The Morgan fingerprint density at radius 2 is 1.93 bits per heavy atom. The topological polar surface area (TPSA) is 81.4 Å². The third-order valence-corrected chi connectivity index (χ3v) is 4.30. The summed E-state index contributed by atoms with van der Waals surface area (Å²) in [7, 11) is 0. The number of carbonyl (C=O) groups is 1. The summed E-state index contributed by atoms with van der Waals surface area (Å²) in [4.78, 5) is 12.1. The van der Waals surface area contributed by atoms with Crippen molar-refractivity contribution in [2.75, 3.05) is 13.2 Å². The molecule has 146 valence electrons. The van der Waals surface area contributed by atoms with Crippen LogP contribution in [-0.4, -0.2) is 38.9 Å². The molecule has 0 bridgehead atoms. The Hall–Kier alpha value is -3.52. The number of rotatable bonds is 6. The minimum absolute atomic E-state index is 0.221. The second-order valence-electron chi connectivity index (χ2n) is 6.09. The highest BCUT2D eigenvalue weighted by Gasteiger charge is 2.11. The molecule has 2 heterocycles. The number of fused-ring (bicyclic) bond motifs is 1. The molecule has 0 saturated heterocycles. The van der Waals surface area contributed by atoms with Gasteiger partial charge in [0.25, 0.3) is 5.91 Å². The van der Waals surface area contributed by atoms with E-state index in [1.807, 2.05) is 0 Å². The van der Waals surface area contributed by atoms with Crippen molar-refractivity contribution in [3.05, 3.63) is 77.1 Å². The number of nitrogens with one attached hydrogen (secondary N) is 1. The van der Waals surface area contributed by atoms with Crippen molar-refractivity contribution in [3.8, 4) is 17.3 Å². The second-order valence-corrected chi connectivity index (χ2v) is 6.52. The van der Waals surface area contributed by atoms with E-state index in [1.54, 1.807) is 48.5 Å². The highest BCUT2D eigenvalue weighted by Crippen LogP contribution is 2.19. The maximum Gasteiger partial charge on any atom is 0.251 e. The van der Waals surface area contributed by atoms with Crippen molar-refractivity contribution < 1.29 is 13.9 Å². The molecule has 0 aliphatic heterocycles. The van der Waals surface area contributed by atoms with Crippen molar-refractivity contribution in [3.63, 3.8) is 0 Å².